The van der Waals surface area contributed by atoms with Gasteiger partial charge < -0.3 is 9.47 Å². The molecule has 4 nitrogen and oxygen atoms in total. The van der Waals surface area contributed by atoms with Crippen molar-refractivity contribution >= 4 is 40.3 Å². The van der Waals surface area contributed by atoms with Gasteiger partial charge in [0.05, 0.1) is 4.91 Å². The third-order valence-corrected chi connectivity index (χ3v) is 5.69. The Kier molecular flexibility index (Phi) is 7.25. The van der Waals surface area contributed by atoms with E-state index in [9.17, 15) is 4.79 Å². The van der Waals surface area contributed by atoms with Crippen molar-refractivity contribution in [3.05, 3.63) is 70.1 Å². The second-order valence-electron chi connectivity index (χ2n) is 6.52. The number of benzene rings is 2. The molecule has 0 saturated carbocycles. The summed E-state index contributed by atoms with van der Waals surface area (Å²) < 4.78 is 11.5. The third kappa shape index (κ3) is 5.44. The first-order valence-corrected chi connectivity index (χ1v) is 10.3. The van der Waals surface area contributed by atoms with Crippen LogP contribution in [-0.4, -0.2) is 35.4 Å². The molecule has 0 bridgehead atoms. The van der Waals surface area contributed by atoms with Gasteiger partial charge in [-0.1, -0.05) is 65.9 Å². The van der Waals surface area contributed by atoms with Gasteiger partial charge in [0.25, 0.3) is 5.91 Å². The molecule has 146 valence electrons. The largest absolute Gasteiger partial charge is 0.489 e. The molecule has 0 radical (unpaired) electrons. The van der Waals surface area contributed by atoms with Gasteiger partial charge in [0.2, 0.25) is 0 Å². The third-order valence-electron chi connectivity index (χ3n) is 4.31. The van der Waals surface area contributed by atoms with Crippen LogP contribution in [0.15, 0.2) is 53.4 Å². The Hall–Kier alpha value is -2.15. The summed E-state index contributed by atoms with van der Waals surface area (Å²) in [6.45, 7) is 3.79. The van der Waals surface area contributed by atoms with Crippen molar-refractivity contribution in [3.8, 4) is 5.75 Å². The van der Waals surface area contributed by atoms with Crippen molar-refractivity contribution in [1.82, 2.24) is 4.90 Å². The van der Waals surface area contributed by atoms with E-state index in [0.717, 1.165) is 23.3 Å². The second-order valence-corrected chi connectivity index (χ2v) is 8.20. The number of carbonyl (C=O) groups excluding carboxylic acids is 1. The van der Waals surface area contributed by atoms with E-state index >= 15 is 0 Å². The molecule has 1 aliphatic heterocycles. The van der Waals surface area contributed by atoms with Crippen LogP contribution in [0, 0.1) is 6.92 Å². The highest BCUT2D eigenvalue weighted by Crippen LogP contribution is 2.32. The van der Waals surface area contributed by atoms with Crippen molar-refractivity contribution in [1.29, 1.82) is 0 Å². The highest BCUT2D eigenvalue weighted by atomic mass is 32.2. The highest BCUT2D eigenvalue weighted by molar-refractivity contribution is 8.26. The van der Waals surface area contributed by atoms with Gasteiger partial charge in [-0.25, -0.2) is 0 Å². The Balaban J connectivity index is 1.59. The number of ether oxygens (including phenoxy) is 2. The molecule has 0 aliphatic carbocycles. The van der Waals surface area contributed by atoms with Gasteiger partial charge in [0.15, 0.2) is 0 Å². The number of amides is 1. The molecule has 1 amide bonds. The number of aryl methyl sites for hydroxylation is 1. The minimum absolute atomic E-state index is 0.0363. The molecule has 3 rings (SSSR count). The number of rotatable bonds is 8. The summed E-state index contributed by atoms with van der Waals surface area (Å²) in [6, 6.07) is 16.0. The molecular formula is C22H23NO3S2. The van der Waals surface area contributed by atoms with E-state index in [1.54, 1.807) is 12.0 Å². The number of thioether (sulfide) groups is 1. The Morgan fingerprint density at radius 3 is 2.50 bits per heavy atom. The van der Waals surface area contributed by atoms with Gasteiger partial charge >= 0.3 is 0 Å². The fraction of sp³-hybridized carbons (Fsp3) is 0.273. The van der Waals surface area contributed by atoms with E-state index in [-0.39, 0.29) is 5.91 Å². The maximum Gasteiger partial charge on any atom is 0.266 e. The summed E-state index contributed by atoms with van der Waals surface area (Å²) in [5, 5.41) is 0. The van der Waals surface area contributed by atoms with Crippen LogP contribution in [0.4, 0.5) is 0 Å². The minimum atomic E-state index is -0.0363. The molecule has 0 unspecified atom stereocenters. The molecule has 1 saturated heterocycles. The summed E-state index contributed by atoms with van der Waals surface area (Å²) in [6.07, 6.45) is 2.64. The SMILES string of the molecule is COCCCN1C(=O)/C(=C/c2ccc(OCc3ccc(C)cc3)cc2)SC1=S. The Morgan fingerprint density at radius 1 is 1.11 bits per heavy atom. The lowest BCUT2D eigenvalue weighted by Gasteiger charge is -2.13. The Bertz CT molecular complexity index is 860. The van der Waals surface area contributed by atoms with Gasteiger partial charge in [0, 0.05) is 20.3 Å². The van der Waals surface area contributed by atoms with Crippen LogP contribution < -0.4 is 4.74 Å². The lowest BCUT2D eigenvalue weighted by atomic mass is 10.1. The first kappa shape index (κ1) is 20.6. The molecular weight excluding hydrogens is 390 g/mol. The van der Waals surface area contributed by atoms with Crippen LogP contribution in [0.25, 0.3) is 6.08 Å². The van der Waals surface area contributed by atoms with Gasteiger partial charge in [-0.3, -0.25) is 9.69 Å². The van der Waals surface area contributed by atoms with Crippen LogP contribution in [0.3, 0.4) is 0 Å². The molecule has 1 fully saturated rings. The van der Waals surface area contributed by atoms with Crippen molar-refractivity contribution in [3.63, 3.8) is 0 Å². The topological polar surface area (TPSA) is 38.8 Å². The Morgan fingerprint density at radius 2 is 1.82 bits per heavy atom. The predicted octanol–water partition coefficient (Wildman–Crippen LogP) is 4.81. The van der Waals surface area contributed by atoms with E-state index in [1.807, 2.05) is 30.3 Å². The number of nitrogens with zero attached hydrogens (tertiary/aromatic N) is 1. The van der Waals surface area contributed by atoms with E-state index in [4.69, 9.17) is 21.7 Å². The van der Waals surface area contributed by atoms with Gasteiger partial charge in [-0.2, -0.15) is 0 Å². The molecule has 28 heavy (non-hydrogen) atoms. The molecule has 1 aliphatic rings. The summed E-state index contributed by atoms with van der Waals surface area (Å²) in [5.41, 5.74) is 3.31. The van der Waals surface area contributed by atoms with Crippen LogP contribution in [0.2, 0.25) is 0 Å². The molecule has 2 aromatic rings. The van der Waals surface area contributed by atoms with Gasteiger partial charge in [0.1, 0.15) is 16.7 Å². The lowest BCUT2D eigenvalue weighted by Crippen LogP contribution is -2.29. The zero-order valence-corrected chi connectivity index (χ0v) is 17.6. The van der Waals surface area contributed by atoms with Crippen LogP contribution in [0.1, 0.15) is 23.1 Å². The molecule has 0 atom stereocenters. The van der Waals surface area contributed by atoms with Crippen molar-refractivity contribution < 1.29 is 14.3 Å². The highest BCUT2D eigenvalue weighted by Gasteiger charge is 2.31. The average molecular weight is 414 g/mol. The lowest BCUT2D eigenvalue weighted by molar-refractivity contribution is -0.122. The number of carbonyl (C=O) groups is 1. The van der Waals surface area contributed by atoms with Gasteiger partial charge in [-0.05, 0) is 42.7 Å². The fourth-order valence-corrected chi connectivity index (χ4v) is 4.03. The molecule has 0 N–H and O–H groups in total. The summed E-state index contributed by atoms with van der Waals surface area (Å²) >= 11 is 6.68. The number of hydrogen-bond acceptors (Lipinski definition) is 5. The normalized spacial score (nSPS) is 15.5. The number of methoxy groups -OCH3 is 1. The molecule has 6 heteroatoms. The van der Waals surface area contributed by atoms with Crippen molar-refractivity contribution in [2.45, 2.75) is 20.0 Å². The maximum absolute atomic E-state index is 12.5. The van der Waals surface area contributed by atoms with Crippen LogP contribution in [-0.2, 0) is 16.1 Å². The average Bonchev–Trinajstić information content (AvgIpc) is 2.96. The first-order chi connectivity index (χ1) is 13.6. The molecule has 1 heterocycles. The maximum atomic E-state index is 12.5. The molecule has 0 aromatic heterocycles. The standard InChI is InChI=1S/C22H23NO3S2/c1-16-4-6-18(7-5-16)15-26-19-10-8-17(9-11-19)14-20-21(24)23(22(27)28-20)12-3-13-25-2/h4-11,14H,3,12-13,15H2,1-2H3/b20-14-. The minimum Gasteiger partial charge on any atom is -0.489 e. The summed E-state index contributed by atoms with van der Waals surface area (Å²) in [7, 11) is 1.65. The number of thiocarbonyl (C=S) groups is 1. The second kappa shape index (κ2) is 9.87. The first-order valence-electron chi connectivity index (χ1n) is 9.09. The van der Waals surface area contributed by atoms with Crippen molar-refractivity contribution in [2.24, 2.45) is 0 Å². The molecule has 0 spiro atoms. The zero-order valence-electron chi connectivity index (χ0n) is 16.0. The van der Waals surface area contributed by atoms with Gasteiger partial charge in [-0.15, -0.1) is 0 Å². The Labute approximate surface area is 175 Å². The zero-order chi connectivity index (χ0) is 19.9. The predicted molar refractivity (Wildman–Crippen MR) is 118 cm³/mol. The number of hydrogen-bond donors (Lipinski definition) is 0. The van der Waals surface area contributed by atoms with E-state index in [1.165, 1.54) is 17.3 Å². The van der Waals surface area contributed by atoms with E-state index in [2.05, 4.69) is 31.2 Å². The van der Waals surface area contributed by atoms with E-state index in [0.29, 0.717) is 29.0 Å². The van der Waals surface area contributed by atoms with E-state index < -0.39 is 0 Å². The molecule has 2 aromatic carbocycles. The summed E-state index contributed by atoms with van der Waals surface area (Å²) in [5.74, 6) is 0.760. The smallest absolute Gasteiger partial charge is 0.266 e. The monoisotopic (exact) mass is 413 g/mol. The fourth-order valence-electron chi connectivity index (χ4n) is 2.72. The quantitative estimate of drug-likeness (QED) is 0.353. The van der Waals surface area contributed by atoms with Crippen molar-refractivity contribution in [2.75, 3.05) is 20.3 Å². The summed E-state index contributed by atoms with van der Waals surface area (Å²) in [4.78, 5) is 14.8. The van der Waals surface area contributed by atoms with Crippen LogP contribution in [0.5, 0.6) is 5.75 Å². The van der Waals surface area contributed by atoms with Crippen LogP contribution >= 0.6 is 24.0 Å².